The standard InChI is InChI=1S/C14H19N3O2/c1-14(2,3)19-12(18)9-15-7-10-8-17-13-11(10)5-4-6-16-13/h4-6,8,15H,7,9H2,1-3H3,(H,16,17). The minimum Gasteiger partial charge on any atom is -0.459 e. The van der Waals surface area contributed by atoms with Crippen LogP contribution in [0.2, 0.25) is 0 Å². The molecule has 2 N–H and O–H groups in total. The van der Waals surface area contributed by atoms with Gasteiger partial charge in [-0.05, 0) is 38.5 Å². The van der Waals surface area contributed by atoms with Gasteiger partial charge in [0.2, 0.25) is 0 Å². The highest BCUT2D eigenvalue weighted by atomic mass is 16.6. The fourth-order valence-electron chi connectivity index (χ4n) is 1.84. The van der Waals surface area contributed by atoms with E-state index in [1.54, 1.807) is 6.20 Å². The highest BCUT2D eigenvalue weighted by Crippen LogP contribution is 2.15. The fourth-order valence-corrected chi connectivity index (χ4v) is 1.84. The van der Waals surface area contributed by atoms with Crippen LogP contribution in [0.5, 0.6) is 0 Å². The molecule has 2 heterocycles. The number of aromatic nitrogens is 2. The van der Waals surface area contributed by atoms with E-state index in [1.165, 1.54) is 0 Å². The molecule has 0 fully saturated rings. The molecule has 19 heavy (non-hydrogen) atoms. The number of rotatable bonds is 4. The van der Waals surface area contributed by atoms with E-state index >= 15 is 0 Å². The Labute approximate surface area is 112 Å². The zero-order chi connectivity index (χ0) is 13.9. The van der Waals surface area contributed by atoms with Crippen LogP contribution in [0, 0.1) is 0 Å². The number of fused-ring (bicyclic) bond motifs is 1. The zero-order valence-corrected chi connectivity index (χ0v) is 11.5. The Morgan fingerprint density at radius 2 is 2.26 bits per heavy atom. The third kappa shape index (κ3) is 3.79. The molecule has 0 atom stereocenters. The topological polar surface area (TPSA) is 67.0 Å². The smallest absolute Gasteiger partial charge is 0.320 e. The van der Waals surface area contributed by atoms with Crippen LogP contribution in [0.15, 0.2) is 24.5 Å². The molecule has 0 amide bonds. The molecule has 2 rings (SSSR count). The van der Waals surface area contributed by atoms with Crippen molar-refractivity contribution in [2.75, 3.05) is 6.54 Å². The van der Waals surface area contributed by atoms with Crippen molar-refractivity contribution >= 4 is 17.0 Å². The molecule has 0 aliphatic rings. The van der Waals surface area contributed by atoms with Gasteiger partial charge in [0.25, 0.3) is 0 Å². The summed E-state index contributed by atoms with van der Waals surface area (Å²) in [6.07, 6.45) is 3.65. The van der Waals surface area contributed by atoms with Gasteiger partial charge in [0.05, 0.1) is 6.54 Å². The van der Waals surface area contributed by atoms with Crippen LogP contribution in [0.25, 0.3) is 11.0 Å². The van der Waals surface area contributed by atoms with Crippen LogP contribution in [-0.4, -0.2) is 28.1 Å². The quantitative estimate of drug-likeness (QED) is 0.826. The van der Waals surface area contributed by atoms with E-state index in [1.807, 2.05) is 39.1 Å². The first kappa shape index (κ1) is 13.5. The second-order valence-corrected chi connectivity index (χ2v) is 5.40. The Bertz CT molecular complexity index is 569. The number of hydrogen-bond donors (Lipinski definition) is 2. The van der Waals surface area contributed by atoms with E-state index in [0.29, 0.717) is 6.54 Å². The Kier molecular flexibility index (Phi) is 3.85. The van der Waals surface area contributed by atoms with Crippen LogP contribution in [0.3, 0.4) is 0 Å². The summed E-state index contributed by atoms with van der Waals surface area (Å²) in [6.45, 7) is 6.37. The maximum atomic E-state index is 11.5. The highest BCUT2D eigenvalue weighted by molar-refractivity contribution is 5.79. The van der Waals surface area contributed by atoms with Gasteiger partial charge in [0, 0.05) is 24.3 Å². The molecule has 2 aromatic heterocycles. The third-order valence-electron chi connectivity index (χ3n) is 2.54. The predicted octanol–water partition coefficient (Wildman–Crippen LogP) is 1.99. The molecule has 5 heteroatoms. The van der Waals surface area contributed by atoms with Gasteiger partial charge < -0.3 is 15.0 Å². The van der Waals surface area contributed by atoms with E-state index in [4.69, 9.17) is 4.74 Å². The molecular formula is C14H19N3O2. The molecule has 0 saturated heterocycles. The molecule has 0 aliphatic heterocycles. The molecule has 0 aromatic carbocycles. The third-order valence-corrected chi connectivity index (χ3v) is 2.54. The summed E-state index contributed by atoms with van der Waals surface area (Å²) in [7, 11) is 0. The van der Waals surface area contributed by atoms with Crippen molar-refractivity contribution in [2.45, 2.75) is 32.9 Å². The Hall–Kier alpha value is -1.88. The molecule has 0 bridgehead atoms. The molecule has 5 nitrogen and oxygen atoms in total. The van der Waals surface area contributed by atoms with Gasteiger partial charge in [-0.1, -0.05) is 0 Å². The van der Waals surface area contributed by atoms with Gasteiger partial charge in [-0.3, -0.25) is 4.79 Å². The first-order valence-corrected chi connectivity index (χ1v) is 6.29. The monoisotopic (exact) mass is 261 g/mol. The lowest BCUT2D eigenvalue weighted by Gasteiger charge is -2.19. The zero-order valence-electron chi connectivity index (χ0n) is 11.5. The molecule has 0 aliphatic carbocycles. The van der Waals surface area contributed by atoms with Gasteiger partial charge in [0.15, 0.2) is 0 Å². The SMILES string of the molecule is CC(C)(C)OC(=O)CNCc1c[nH]c2ncccc12. The van der Waals surface area contributed by atoms with Crippen molar-refractivity contribution < 1.29 is 9.53 Å². The average molecular weight is 261 g/mol. The second kappa shape index (κ2) is 5.40. The lowest BCUT2D eigenvalue weighted by molar-refractivity contribution is -0.153. The summed E-state index contributed by atoms with van der Waals surface area (Å²) in [5.74, 6) is -0.245. The molecular weight excluding hydrogens is 242 g/mol. The lowest BCUT2D eigenvalue weighted by atomic mass is 10.2. The van der Waals surface area contributed by atoms with Crippen molar-refractivity contribution in [3.8, 4) is 0 Å². The van der Waals surface area contributed by atoms with Crippen LogP contribution in [0.1, 0.15) is 26.3 Å². The second-order valence-electron chi connectivity index (χ2n) is 5.40. The van der Waals surface area contributed by atoms with Crippen molar-refractivity contribution in [3.63, 3.8) is 0 Å². The van der Waals surface area contributed by atoms with Gasteiger partial charge in [-0.25, -0.2) is 4.98 Å². The van der Waals surface area contributed by atoms with Crippen molar-refractivity contribution in [1.29, 1.82) is 0 Å². The van der Waals surface area contributed by atoms with Crippen LogP contribution in [0.4, 0.5) is 0 Å². The summed E-state index contributed by atoms with van der Waals surface area (Å²) < 4.78 is 5.22. The van der Waals surface area contributed by atoms with Crippen molar-refractivity contribution in [3.05, 3.63) is 30.1 Å². The van der Waals surface area contributed by atoms with Crippen molar-refractivity contribution in [2.24, 2.45) is 0 Å². The number of pyridine rings is 1. The predicted molar refractivity (Wildman–Crippen MR) is 73.6 cm³/mol. The molecule has 0 radical (unpaired) electrons. The number of nitrogens with one attached hydrogen (secondary N) is 2. The van der Waals surface area contributed by atoms with E-state index in [-0.39, 0.29) is 12.5 Å². The van der Waals surface area contributed by atoms with Gasteiger partial charge in [-0.2, -0.15) is 0 Å². The molecule has 0 saturated carbocycles. The fraction of sp³-hybridized carbons (Fsp3) is 0.429. The summed E-state index contributed by atoms with van der Waals surface area (Å²) in [6, 6.07) is 3.90. The maximum Gasteiger partial charge on any atom is 0.320 e. The number of aromatic amines is 1. The number of esters is 1. The maximum absolute atomic E-state index is 11.5. The normalized spacial score (nSPS) is 11.7. The molecule has 102 valence electrons. The first-order chi connectivity index (χ1) is 8.96. The van der Waals surface area contributed by atoms with Gasteiger partial charge in [0.1, 0.15) is 11.2 Å². The number of carbonyl (C=O) groups is 1. The summed E-state index contributed by atoms with van der Waals surface area (Å²) in [5, 5.41) is 4.15. The Morgan fingerprint density at radius 3 is 3.00 bits per heavy atom. The van der Waals surface area contributed by atoms with E-state index < -0.39 is 5.60 Å². The number of H-pyrrole nitrogens is 1. The number of carbonyl (C=O) groups excluding carboxylic acids is 1. The molecule has 0 spiro atoms. The van der Waals surface area contributed by atoms with Crippen molar-refractivity contribution in [1.82, 2.24) is 15.3 Å². The summed E-state index contributed by atoms with van der Waals surface area (Å²) in [5.41, 5.74) is 1.51. The highest BCUT2D eigenvalue weighted by Gasteiger charge is 2.15. The molecule has 2 aromatic rings. The average Bonchev–Trinajstić information content (AvgIpc) is 2.70. The van der Waals surface area contributed by atoms with E-state index in [2.05, 4.69) is 15.3 Å². The summed E-state index contributed by atoms with van der Waals surface area (Å²) in [4.78, 5) is 18.9. The molecule has 0 unspecified atom stereocenters. The van der Waals surface area contributed by atoms with E-state index in [9.17, 15) is 4.79 Å². The summed E-state index contributed by atoms with van der Waals surface area (Å²) >= 11 is 0. The van der Waals surface area contributed by atoms with E-state index in [0.717, 1.165) is 16.6 Å². The van der Waals surface area contributed by atoms with Crippen LogP contribution >= 0.6 is 0 Å². The largest absolute Gasteiger partial charge is 0.459 e. The number of hydrogen-bond acceptors (Lipinski definition) is 4. The lowest BCUT2D eigenvalue weighted by Crippen LogP contribution is -2.31. The Morgan fingerprint density at radius 1 is 1.47 bits per heavy atom. The van der Waals surface area contributed by atoms with Crippen LogP contribution < -0.4 is 5.32 Å². The first-order valence-electron chi connectivity index (χ1n) is 6.29. The Balaban J connectivity index is 1.88. The van der Waals surface area contributed by atoms with Gasteiger partial charge in [-0.15, -0.1) is 0 Å². The minimum absolute atomic E-state index is 0.199. The number of nitrogens with zero attached hydrogens (tertiary/aromatic N) is 1. The van der Waals surface area contributed by atoms with Crippen LogP contribution in [-0.2, 0) is 16.1 Å². The minimum atomic E-state index is -0.441. The van der Waals surface area contributed by atoms with Gasteiger partial charge >= 0.3 is 5.97 Å². The number of ether oxygens (including phenoxy) is 1.